The average molecular weight is 535 g/mol. The molecule has 1 atom stereocenters. The number of allylic oxidation sites excluding steroid dienone is 7. The van der Waals surface area contributed by atoms with Gasteiger partial charge >= 0.3 is 0 Å². The molecule has 0 unspecified atom stereocenters. The lowest BCUT2D eigenvalue weighted by Gasteiger charge is -2.19. The van der Waals surface area contributed by atoms with Crippen LogP contribution in [0.5, 0.6) is 5.75 Å². The number of aryl methyl sites for hydroxylation is 1. The number of fused-ring (bicyclic) bond motifs is 1. The monoisotopic (exact) mass is 534 g/mol. The van der Waals surface area contributed by atoms with E-state index in [4.69, 9.17) is 15.2 Å². The number of hydrogen-bond acceptors (Lipinski definition) is 4. The minimum absolute atomic E-state index is 0.0933. The molecule has 0 spiro atoms. The molecular weight excluding hydrogens is 494 g/mol. The molecule has 2 aromatic carbocycles. The van der Waals surface area contributed by atoms with Crippen LogP contribution in [-0.4, -0.2) is 43.9 Å². The molecule has 1 aliphatic heterocycles. The highest BCUT2D eigenvalue weighted by atomic mass is 19.1. The smallest absolute Gasteiger partial charge is 0.134 e. The number of rotatable bonds is 11. The van der Waals surface area contributed by atoms with Crippen molar-refractivity contribution in [1.82, 2.24) is 4.90 Å². The molecule has 0 bridgehead atoms. The number of anilines is 1. The van der Waals surface area contributed by atoms with E-state index in [9.17, 15) is 4.39 Å². The molecule has 0 aromatic heterocycles. The zero-order valence-electron chi connectivity index (χ0n) is 23.1. The number of nitrogens with zero attached hydrogens (tertiary/aromatic N) is 1. The Kier molecular flexibility index (Phi) is 9.99. The summed E-state index contributed by atoms with van der Waals surface area (Å²) in [7, 11) is 0. The van der Waals surface area contributed by atoms with E-state index >= 15 is 4.39 Å². The molecule has 1 saturated heterocycles. The SMILES string of the molecule is C=C/C(=C\C=C(/C)O[C@H]1CCN(CCCF)C1)C1=C(c2ccc(OCC)cc2F)CCCc2cc(N)ccc21. The topological polar surface area (TPSA) is 47.7 Å². The minimum Gasteiger partial charge on any atom is -0.494 e. The van der Waals surface area contributed by atoms with Gasteiger partial charge in [-0.2, -0.15) is 0 Å². The van der Waals surface area contributed by atoms with Gasteiger partial charge in [-0.1, -0.05) is 24.8 Å². The summed E-state index contributed by atoms with van der Waals surface area (Å²) in [6.45, 7) is 10.6. The van der Waals surface area contributed by atoms with Gasteiger partial charge in [0.15, 0.2) is 0 Å². The molecule has 1 fully saturated rings. The largest absolute Gasteiger partial charge is 0.494 e. The van der Waals surface area contributed by atoms with Crippen LogP contribution in [0.15, 0.2) is 72.5 Å². The van der Waals surface area contributed by atoms with E-state index in [-0.39, 0.29) is 18.6 Å². The summed E-state index contributed by atoms with van der Waals surface area (Å²) < 4.78 is 39.8. The number of nitrogens with two attached hydrogens (primary N) is 1. The van der Waals surface area contributed by atoms with Crippen LogP contribution in [0.4, 0.5) is 14.5 Å². The third kappa shape index (κ3) is 7.18. The number of alkyl halides is 1. The van der Waals surface area contributed by atoms with E-state index in [1.807, 2.05) is 62.4 Å². The highest BCUT2D eigenvalue weighted by Crippen LogP contribution is 2.42. The van der Waals surface area contributed by atoms with Crippen molar-refractivity contribution < 1.29 is 18.3 Å². The normalized spacial score (nSPS) is 18.6. The minimum atomic E-state index is -0.302. The molecule has 0 radical (unpaired) electrons. The van der Waals surface area contributed by atoms with Gasteiger partial charge in [0.1, 0.15) is 17.7 Å². The average Bonchev–Trinajstić information content (AvgIpc) is 3.28. The fourth-order valence-corrected chi connectivity index (χ4v) is 5.55. The molecular formula is C33H40F2N2O2. The fraction of sp³-hybridized carbons (Fsp3) is 0.394. The predicted molar refractivity (Wildman–Crippen MR) is 157 cm³/mol. The third-order valence-corrected chi connectivity index (χ3v) is 7.35. The van der Waals surface area contributed by atoms with E-state index in [0.29, 0.717) is 30.0 Å². The molecule has 2 N–H and O–H groups in total. The second-order valence-electron chi connectivity index (χ2n) is 10.2. The van der Waals surface area contributed by atoms with E-state index in [1.54, 1.807) is 0 Å². The summed E-state index contributed by atoms with van der Waals surface area (Å²) in [6, 6.07) is 11.1. The fourth-order valence-electron chi connectivity index (χ4n) is 5.55. The lowest BCUT2D eigenvalue weighted by molar-refractivity contribution is 0.121. The molecule has 4 rings (SSSR count). The number of hydrogen-bond donors (Lipinski definition) is 1. The first-order valence-corrected chi connectivity index (χ1v) is 13.9. The van der Waals surface area contributed by atoms with Crippen LogP contribution in [-0.2, 0) is 11.2 Å². The van der Waals surface area contributed by atoms with Gasteiger partial charge in [0.2, 0.25) is 0 Å². The first kappa shape index (κ1) is 28.6. The van der Waals surface area contributed by atoms with Gasteiger partial charge in [0, 0.05) is 37.0 Å². The maximum atomic E-state index is 15.5. The Morgan fingerprint density at radius 2 is 1.97 bits per heavy atom. The Hall–Kier alpha value is -3.38. The first-order chi connectivity index (χ1) is 18.9. The molecule has 208 valence electrons. The Morgan fingerprint density at radius 1 is 1.15 bits per heavy atom. The van der Waals surface area contributed by atoms with Crippen molar-refractivity contribution in [2.24, 2.45) is 0 Å². The summed E-state index contributed by atoms with van der Waals surface area (Å²) in [6.07, 6.45) is 9.83. The van der Waals surface area contributed by atoms with Crippen LogP contribution in [0, 0.1) is 5.82 Å². The molecule has 0 saturated carbocycles. The number of halogens is 2. The van der Waals surface area contributed by atoms with Crippen LogP contribution in [0.3, 0.4) is 0 Å². The quantitative estimate of drug-likeness (QED) is 0.184. The van der Waals surface area contributed by atoms with Crippen LogP contribution in [0.1, 0.15) is 56.2 Å². The van der Waals surface area contributed by atoms with Crippen molar-refractivity contribution in [2.75, 3.05) is 38.6 Å². The number of nitrogen functional groups attached to an aromatic ring is 1. The Bertz CT molecular complexity index is 1260. The van der Waals surface area contributed by atoms with Crippen LogP contribution < -0.4 is 10.5 Å². The van der Waals surface area contributed by atoms with E-state index < -0.39 is 0 Å². The molecule has 6 heteroatoms. The molecule has 39 heavy (non-hydrogen) atoms. The first-order valence-electron chi connectivity index (χ1n) is 13.9. The maximum absolute atomic E-state index is 15.5. The van der Waals surface area contributed by atoms with E-state index in [2.05, 4.69) is 11.5 Å². The summed E-state index contributed by atoms with van der Waals surface area (Å²) in [5.41, 5.74) is 12.4. The molecule has 2 aliphatic rings. The second kappa shape index (κ2) is 13.6. The van der Waals surface area contributed by atoms with Crippen molar-refractivity contribution in [2.45, 2.75) is 52.1 Å². The zero-order chi connectivity index (χ0) is 27.8. The lowest BCUT2D eigenvalue weighted by atomic mass is 9.87. The Labute approximate surface area is 231 Å². The van der Waals surface area contributed by atoms with Crippen molar-refractivity contribution >= 4 is 16.8 Å². The van der Waals surface area contributed by atoms with Crippen molar-refractivity contribution in [3.8, 4) is 5.75 Å². The zero-order valence-corrected chi connectivity index (χ0v) is 23.1. The maximum Gasteiger partial charge on any atom is 0.134 e. The van der Waals surface area contributed by atoms with Gasteiger partial charge < -0.3 is 15.2 Å². The van der Waals surface area contributed by atoms with Gasteiger partial charge in [0.05, 0.1) is 19.0 Å². The standard InChI is InChI=1S/C33H40F2N2O2/c1-4-24(11-10-23(3)39-28-16-19-37(22-28)18-7-17-34)33-29-14-12-26(36)20-25(29)8-6-9-31(33)30-15-13-27(38-5-2)21-32(30)35/h4,10-15,20-21,28H,1,5-9,16-19,22,36H2,2-3H3/b23-10+,24-11+/t28-/m0/s1. The van der Waals surface area contributed by atoms with Gasteiger partial charge in [-0.15, -0.1) is 0 Å². The summed E-state index contributed by atoms with van der Waals surface area (Å²) in [4.78, 5) is 2.25. The Balaban J connectivity index is 1.71. The van der Waals surface area contributed by atoms with Gasteiger partial charge in [-0.05, 0) is 104 Å². The second-order valence-corrected chi connectivity index (χ2v) is 10.2. The molecule has 4 nitrogen and oxygen atoms in total. The van der Waals surface area contributed by atoms with Crippen molar-refractivity contribution in [3.05, 3.63) is 95.0 Å². The number of benzene rings is 2. The predicted octanol–water partition coefficient (Wildman–Crippen LogP) is 7.52. The lowest BCUT2D eigenvalue weighted by Crippen LogP contribution is -2.24. The van der Waals surface area contributed by atoms with Crippen LogP contribution in [0.25, 0.3) is 11.1 Å². The number of ether oxygens (including phenoxy) is 2. The number of likely N-dealkylation sites (tertiary alicyclic amines) is 1. The summed E-state index contributed by atoms with van der Waals surface area (Å²) in [5.74, 6) is 1.02. The van der Waals surface area contributed by atoms with Gasteiger partial charge in [0.25, 0.3) is 0 Å². The molecule has 2 aromatic rings. The third-order valence-electron chi connectivity index (χ3n) is 7.35. The highest BCUT2D eigenvalue weighted by molar-refractivity contribution is 6.01. The summed E-state index contributed by atoms with van der Waals surface area (Å²) in [5, 5.41) is 0. The highest BCUT2D eigenvalue weighted by Gasteiger charge is 2.24. The van der Waals surface area contributed by atoms with Gasteiger partial charge in [-0.25, -0.2) is 4.39 Å². The van der Waals surface area contributed by atoms with E-state index in [0.717, 1.165) is 78.9 Å². The summed E-state index contributed by atoms with van der Waals surface area (Å²) >= 11 is 0. The van der Waals surface area contributed by atoms with E-state index in [1.165, 1.54) is 6.07 Å². The Morgan fingerprint density at radius 3 is 2.72 bits per heavy atom. The van der Waals surface area contributed by atoms with Crippen LogP contribution in [0.2, 0.25) is 0 Å². The molecule has 1 heterocycles. The molecule has 0 amide bonds. The van der Waals surface area contributed by atoms with Gasteiger partial charge in [-0.3, -0.25) is 9.29 Å². The molecule has 1 aliphatic carbocycles. The van der Waals surface area contributed by atoms with Crippen molar-refractivity contribution in [1.29, 1.82) is 0 Å². The van der Waals surface area contributed by atoms with Crippen LogP contribution >= 0.6 is 0 Å². The van der Waals surface area contributed by atoms with Crippen molar-refractivity contribution in [3.63, 3.8) is 0 Å².